The average Bonchev–Trinajstić information content (AvgIpc) is 3.60. The Morgan fingerprint density at radius 3 is 0.764 bits per heavy atom. The molecule has 89 heavy (non-hydrogen) atoms. The second-order valence-corrected chi connectivity index (χ2v) is 29.6. The molecule has 0 aromatic rings. The highest BCUT2D eigenvalue weighted by molar-refractivity contribution is 7.47. The van der Waals surface area contributed by atoms with E-state index in [0.717, 1.165) is 108 Å². The van der Waals surface area contributed by atoms with Crippen LogP contribution in [0.4, 0.5) is 0 Å². The van der Waals surface area contributed by atoms with E-state index in [1.807, 2.05) is 0 Å². The molecule has 0 fully saturated rings. The maximum absolute atomic E-state index is 13.0. The highest BCUT2D eigenvalue weighted by Crippen LogP contribution is 2.45. The largest absolute Gasteiger partial charge is 0.472 e. The van der Waals surface area contributed by atoms with Crippen molar-refractivity contribution >= 4 is 39.5 Å². The summed E-state index contributed by atoms with van der Waals surface area (Å²) in [5.74, 6) is 0.0804. The smallest absolute Gasteiger partial charge is 0.462 e. The van der Waals surface area contributed by atoms with Crippen LogP contribution in [0.15, 0.2) is 0 Å². The molecule has 0 heterocycles. The van der Waals surface area contributed by atoms with Gasteiger partial charge in [0.15, 0.2) is 12.2 Å². The molecule has 2 unspecified atom stereocenters. The van der Waals surface area contributed by atoms with Crippen LogP contribution in [0.2, 0.25) is 0 Å². The molecule has 0 saturated heterocycles. The van der Waals surface area contributed by atoms with Gasteiger partial charge in [-0.25, -0.2) is 9.13 Å². The van der Waals surface area contributed by atoms with Gasteiger partial charge in [0.05, 0.1) is 26.4 Å². The highest BCUT2D eigenvalue weighted by Gasteiger charge is 2.30. The van der Waals surface area contributed by atoms with Gasteiger partial charge < -0.3 is 33.8 Å². The van der Waals surface area contributed by atoms with Crippen molar-refractivity contribution in [2.45, 2.75) is 369 Å². The number of phosphoric ester groups is 2. The summed E-state index contributed by atoms with van der Waals surface area (Å²) in [6.07, 6.45) is 44.4. The first kappa shape index (κ1) is 87.1. The quantitative estimate of drug-likeness (QED) is 0.0222. The van der Waals surface area contributed by atoms with Crippen LogP contribution in [0.1, 0.15) is 350 Å². The number of unbranched alkanes of at least 4 members (excludes halogenated alkanes) is 36. The van der Waals surface area contributed by atoms with Crippen molar-refractivity contribution in [3.05, 3.63) is 0 Å². The summed E-state index contributed by atoms with van der Waals surface area (Å²) in [7, 11) is -9.90. The molecule has 528 valence electrons. The first-order valence-electron chi connectivity index (χ1n) is 36.3. The van der Waals surface area contributed by atoms with Crippen LogP contribution >= 0.6 is 15.6 Å². The minimum atomic E-state index is -4.95. The van der Waals surface area contributed by atoms with E-state index in [2.05, 4.69) is 48.5 Å². The van der Waals surface area contributed by atoms with E-state index in [1.54, 1.807) is 0 Å². The molecule has 0 aromatic heterocycles. The Labute approximate surface area is 543 Å². The van der Waals surface area contributed by atoms with Crippen LogP contribution in [-0.2, 0) is 65.4 Å². The van der Waals surface area contributed by atoms with E-state index >= 15 is 0 Å². The number of aliphatic hydroxyl groups excluding tert-OH is 1. The third kappa shape index (κ3) is 64.6. The molecule has 3 N–H and O–H groups in total. The third-order valence-electron chi connectivity index (χ3n) is 16.1. The number of phosphoric acid groups is 2. The van der Waals surface area contributed by atoms with Crippen molar-refractivity contribution in [1.82, 2.24) is 0 Å². The zero-order valence-electron chi connectivity index (χ0n) is 57.9. The van der Waals surface area contributed by atoms with Crippen LogP contribution in [0.25, 0.3) is 0 Å². The predicted octanol–water partition coefficient (Wildman–Crippen LogP) is 19.8. The van der Waals surface area contributed by atoms with E-state index in [9.17, 15) is 43.2 Å². The number of hydrogen-bond donors (Lipinski definition) is 3. The maximum atomic E-state index is 13.0. The van der Waals surface area contributed by atoms with Gasteiger partial charge in [0.25, 0.3) is 0 Å². The van der Waals surface area contributed by atoms with E-state index in [0.29, 0.717) is 25.7 Å². The Morgan fingerprint density at radius 1 is 0.303 bits per heavy atom. The zero-order valence-corrected chi connectivity index (χ0v) is 59.7. The van der Waals surface area contributed by atoms with Crippen molar-refractivity contribution in [2.24, 2.45) is 17.8 Å². The SMILES string of the molecule is CCCCCCCCCCCCCCCCC(=O)O[C@H](COC(=O)CCCCCCCCCCCC(C)C)COP(=O)(O)OC[C@@H](O)COP(=O)(O)OC[C@@H](COC(=O)CCCCCCCCCCC(C)C)OC(=O)CCCCCCCCCCCC(C)C. The number of esters is 4. The summed E-state index contributed by atoms with van der Waals surface area (Å²) in [5, 5.41) is 10.6. The van der Waals surface area contributed by atoms with E-state index in [4.69, 9.17) is 37.0 Å². The van der Waals surface area contributed by atoms with Crippen LogP contribution in [-0.4, -0.2) is 96.7 Å². The van der Waals surface area contributed by atoms with Gasteiger partial charge in [0.2, 0.25) is 0 Å². The van der Waals surface area contributed by atoms with Crippen LogP contribution < -0.4 is 0 Å². The maximum Gasteiger partial charge on any atom is 0.472 e. The Balaban J connectivity index is 5.26. The second kappa shape index (κ2) is 61.0. The molecule has 0 aliphatic rings. The van der Waals surface area contributed by atoms with Crippen molar-refractivity contribution in [1.29, 1.82) is 0 Å². The summed E-state index contributed by atoms with van der Waals surface area (Å²) in [6, 6.07) is 0. The molecule has 0 radical (unpaired) electrons. The van der Waals surface area contributed by atoms with Crippen molar-refractivity contribution in [3.8, 4) is 0 Å². The lowest BCUT2D eigenvalue weighted by molar-refractivity contribution is -0.161. The summed E-state index contributed by atoms with van der Waals surface area (Å²) in [5.41, 5.74) is 0. The summed E-state index contributed by atoms with van der Waals surface area (Å²) in [6.45, 7) is 11.8. The number of carbonyl (C=O) groups is 4. The molecule has 0 aromatic carbocycles. The van der Waals surface area contributed by atoms with Gasteiger partial charge in [-0.05, 0) is 43.4 Å². The Morgan fingerprint density at radius 2 is 0.517 bits per heavy atom. The van der Waals surface area contributed by atoms with Crippen LogP contribution in [0.5, 0.6) is 0 Å². The first-order valence-corrected chi connectivity index (χ1v) is 39.3. The number of aliphatic hydroxyl groups is 1. The summed E-state index contributed by atoms with van der Waals surface area (Å²) >= 11 is 0. The van der Waals surface area contributed by atoms with Crippen molar-refractivity contribution in [2.75, 3.05) is 39.6 Å². The number of ether oxygens (including phenoxy) is 4. The number of rotatable bonds is 68. The van der Waals surface area contributed by atoms with Gasteiger partial charge in [-0.3, -0.25) is 37.3 Å². The average molecular weight is 1310 g/mol. The van der Waals surface area contributed by atoms with Crippen molar-refractivity contribution in [3.63, 3.8) is 0 Å². The van der Waals surface area contributed by atoms with Gasteiger partial charge >= 0.3 is 39.5 Å². The van der Waals surface area contributed by atoms with Crippen molar-refractivity contribution < 1.29 is 80.2 Å². The fraction of sp³-hybridized carbons (Fsp3) is 0.943. The lowest BCUT2D eigenvalue weighted by Crippen LogP contribution is -2.30. The minimum absolute atomic E-state index is 0.104. The molecule has 0 bridgehead atoms. The van der Waals surface area contributed by atoms with E-state index in [-0.39, 0.29) is 25.7 Å². The lowest BCUT2D eigenvalue weighted by Gasteiger charge is -2.21. The molecular weight excluding hydrogens is 1170 g/mol. The molecule has 17 nitrogen and oxygen atoms in total. The molecule has 0 saturated carbocycles. The molecular formula is C70H136O17P2. The number of carbonyl (C=O) groups excluding carboxylic acids is 4. The molecule has 19 heteroatoms. The van der Waals surface area contributed by atoms with Gasteiger partial charge in [-0.2, -0.15) is 0 Å². The first-order chi connectivity index (χ1) is 42.7. The van der Waals surface area contributed by atoms with Gasteiger partial charge in [-0.15, -0.1) is 0 Å². The summed E-state index contributed by atoms with van der Waals surface area (Å²) < 4.78 is 68.3. The molecule has 0 spiro atoms. The van der Waals surface area contributed by atoms with Gasteiger partial charge in [0.1, 0.15) is 19.3 Å². The third-order valence-corrected chi connectivity index (χ3v) is 18.0. The molecule has 0 amide bonds. The fourth-order valence-electron chi connectivity index (χ4n) is 10.5. The molecule has 5 atom stereocenters. The number of hydrogen-bond acceptors (Lipinski definition) is 15. The van der Waals surface area contributed by atoms with Crippen LogP contribution in [0.3, 0.4) is 0 Å². The predicted molar refractivity (Wildman–Crippen MR) is 358 cm³/mol. The second-order valence-electron chi connectivity index (χ2n) is 26.7. The molecule has 0 rings (SSSR count). The van der Waals surface area contributed by atoms with E-state index in [1.165, 1.54) is 161 Å². The van der Waals surface area contributed by atoms with E-state index < -0.39 is 97.5 Å². The Kier molecular flexibility index (Phi) is 59.6. The lowest BCUT2D eigenvalue weighted by atomic mass is 10.0. The topological polar surface area (TPSA) is 237 Å². The zero-order chi connectivity index (χ0) is 65.9. The summed E-state index contributed by atoms with van der Waals surface area (Å²) in [4.78, 5) is 72.5. The van der Waals surface area contributed by atoms with Gasteiger partial charge in [0, 0.05) is 25.7 Å². The Bertz CT molecular complexity index is 1750. The van der Waals surface area contributed by atoms with Crippen LogP contribution in [0, 0.1) is 17.8 Å². The molecule has 0 aliphatic carbocycles. The highest BCUT2D eigenvalue weighted by atomic mass is 31.2. The monoisotopic (exact) mass is 1310 g/mol. The standard InChI is InChI=1S/C70H136O17P2/c1-8-9-10-11-12-13-14-15-16-17-22-32-39-46-53-69(74)86-65(57-80-67(72)51-44-37-30-23-18-20-27-34-41-48-61(2)3)59-84-88(76,77)82-55-64(71)56-83-89(78,79)85-60-66(58-81-68(73)52-45-38-31-26-25-29-36-43-50-63(6)7)87-70(75)54-47-40-33-24-19-21-28-35-42-49-62(4)5/h61-66,71H,8-60H2,1-7H3,(H,76,77)(H,78,79)/t64-,65-,66-/m1/s1. The molecule has 0 aliphatic heterocycles. The fourth-order valence-corrected chi connectivity index (χ4v) is 12.1. The normalized spacial score (nSPS) is 14.2. The van der Waals surface area contributed by atoms with Gasteiger partial charge in [-0.1, -0.05) is 299 Å². The minimum Gasteiger partial charge on any atom is -0.462 e. The Hall–Kier alpha value is -1.94.